The lowest BCUT2D eigenvalue weighted by Gasteiger charge is -2.55. The summed E-state index contributed by atoms with van der Waals surface area (Å²) in [7, 11) is 0. The second-order valence-electron chi connectivity index (χ2n) is 18.3. The van der Waals surface area contributed by atoms with Crippen LogP contribution in [0.5, 0.6) is 0 Å². The molecule has 0 saturated carbocycles. The molecule has 0 bridgehead atoms. The molecule has 4 heterocycles. The van der Waals surface area contributed by atoms with Crippen molar-refractivity contribution in [2.45, 2.75) is 174 Å². The fourth-order valence-corrected chi connectivity index (χ4v) is 9.50. The Labute approximate surface area is 327 Å². The van der Waals surface area contributed by atoms with Gasteiger partial charge in [0.2, 0.25) is 17.8 Å². The van der Waals surface area contributed by atoms with Crippen molar-refractivity contribution in [2.75, 3.05) is 61.3 Å². The van der Waals surface area contributed by atoms with E-state index in [0.29, 0.717) is 49.8 Å². The Kier molecular flexibility index (Phi) is 15.8. The number of nitrogens with zero attached hydrogens (tertiary/aromatic N) is 9. The monoisotopic (exact) mass is 753 g/mol. The van der Waals surface area contributed by atoms with Gasteiger partial charge in [-0.05, 0) is 139 Å². The molecule has 2 fully saturated rings. The summed E-state index contributed by atoms with van der Waals surface area (Å²) in [4.78, 5) is 36.1. The maximum atomic E-state index is 6.05. The summed E-state index contributed by atoms with van der Waals surface area (Å²) in [6, 6.07) is 0.259. The lowest BCUT2D eigenvalue weighted by molar-refractivity contribution is -0.0326. The van der Waals surface area contributed by atoms with E-state index in [9.17, 15) is 0 Å². The van der Waals surface area contributed by atoms with Crippen molar-refractivity contribution in [3.8, 4) is 0 Å². The van der Waals surface area contributed by atoms with Crippen LogP contribution in [-0.2, 0) is 0 Å². The van der Waals surface area contributed by atoms with Crippen molar-refractivity contribution in [3.05, 3.63) is 18.5 Å². The summed E-state index contributed by atoms with van der Waals surface area (Å²) >= 11 is 0. The standard InChI is InChI=1S/C40H76N14/c1-11-13-21-53-37(3,4)23-30(24-38(53,5)6)48-34-45-28-44-33(50-34)32(43-19-15-17-41)27-52(20-16-18-42)36-47-29-46-35(51-36)49-31-25-39(7,8)54(22-14-12-2)40(9,10)26-31/h28-32,43H,11-27,41-42H2,1-10H3,(H,44,45,48,50)(H,46,47,49,51). The fourth-order valence-electron chi connectivity index (χ4n) is 9.50. The predicted molar refractivity (Wildman–Crippen MR) is 223 cm³/mol. The summed E-state index contributed by atoms with van der Waals surface area (Å²) in [5.41, 5.74) is 12.2. The first-order valence-corrected chi connectivity index (χ1v) is 20.9. The maximum Gasteiger partial charge on any atom is 0.230 e. The van der Waals surface area contributed by atoms with Crippen LogP contribution in [0.25, 0.3) is 0 Å². The van der Waals surface area contributed by atoms with Gasteiger partial charge in [-0.1, -0.05) is 26.7 Å². The molecule has 0 radical (unpaired) electrons. The molecule has 0 aliphatic carbocycles. The second kappa shape index (κ2) is 19.4. The van der Waals surface area contributed by atoms with E-state index >= 15 is 0 Å². The first-order chi connectivity index (χ1) is 25.5. The predicted octanol–water partition coefficient (Wildman–Crippen LogP) is 5.36. The first-order valence-electron chi connectivity index (χ1n) is 20.9. The zero-order valence-electron chi connectivity index (χ0n) is 35.6. The van der Waals surface area contributed by atoms with Gasteiger partial charge in [0.15, 0.2) is 5.82 Å². The summed E-state index contributed by atoms with van der Waals surface area (Å²) < 4.78 is 0. The number of rotatable bonds is 21. The number of unbranched alkanes of at least 4 members (excludes halogenated alkanes) is 2. The highest BCUT2D eigenvalue weighted by Crippen LogP contribution is 2.40. The number of hydrogen-bond donors (Lipinski definition) is 5. The minimum Gasteiger partial charge on any atom is -0.351 e. The third-order valence-corrected chi connectivity index (χ3v) is 11.6. The molecule has 4 rings (SSSR count). The highest BCUT2D eigenvalue weighted by atomic mass is 15.3. The molecule has 2 saturated heterocycles. The van der Waals surface area contributed by atoms with Crippen LogP contribution < -0.4 is 32.3 Å². The highest BCUT2D eigenvalue weighted by molar-refractivity contribution is 5.37. The molecule has 2 aromatic heterocycles. The van der Waals surface area contributed by atoms with Crippen LogP contribution in [0.3, 0.4) is 0 Å². The third kappa shape index (κ3) is 11.9. The van der Waals surface area contributed by atoms with Crippen molar-refractivity contribution in [2.24, 2.45) is 11.5 Å². The van der Waals surface area contributed by atoms with E-state index in [1.165, 1.54) is 25.7 Å². The SMILES string of the molecule is CCCCN1C(C)(C)CC(Nc2ncnc(C(CN(CCCN)c3ncnc(NC4CC(C)(C)N(CCCC)C(C)(C)C4)n3)NCCCN)n2)CC1(C)C. The first kappa shape index (κ1) is 43.9. The number of anilines is 3. The van der Waals surface area contributed by atoms with Gasteiger partial charge in [-0.2, -0.15) is 9.97 Å². The molecular formula is C40H76N14. The van der Waals surface area contributed by atoms with E-state index in [0.717, 1.165) is 58.2 Å². The van der Waals surface area contributed by atoms with Gasteiger partial charge >= 0.3 is 0 Å². The Morgan fingerprint density at radius 1 is 0.685 bits per heavy atom. The van der Waals surface area contributed by atoms with E-state index < -0.39 is 0 Å². The Morgan fingerprint density at radius 2 is 1.17 bits per heavy atom. The summed E-state index contributed by atoms with van der Waals surface area (Å²) in [6.45, 7) is 28.8. The lowest BCUT2D eigenvalue weighted by Crippen LogP contribution is -2.63. The van der Waals surface area contributed by atoms with Crippen LogP contribution in [0, 0.1) is 0 Å². The Morgan fingerprint density at radius 3 is 1.65 bits per heavy atom. The van der Waals surface area contributed by atoms with E-state index in [1.54, 1.807) is 12.7 Å². The second-order valence-corrected chi connectivity index (χ2v) is 18.3. The van der Waals surface area contributed by atoms with Crippen LogP contribution in [-0.4, -0.2) is 120 Å². The Hall–Kier alpha value is -2.78. The van der Waals surface area contributed by atoms with Crippen LogP contribution in [0.4, 0.5) is 17.8 Å². The van der Waals surface area contributed by atoms with E-state index in [-0.39, 0.29) is 40.3 Å². The Bertz CT molecular complexity index is 1380. The van der Waals surface area contributed by atoms with Crippen molar-refractivity contribution < 1.29 is 0 Å². The van der Waals surface area contributed by atoms with E-state index in [1.807, 2.05) is 0 Å². The zero-order valence-corrected chi connectivity index (χ0v) is 35.6. The number of nitrogens with two attached hydrogens (primary N) is 2. The molecule has 0 amide bonds. The number of likely N-dealkylation sites (tertiary alicyclic amines) is 2. The van der Waals surface area contributed by atoms with E-state index in [4.69, 9.17) is 26.4 Å². The van der Waals surface area contributed by atoms with Crippen LogP contribution in [0.2, 0.25) is 0 Å². The molecule has 2 aromatic rings. The van der Waals surface area contributed by atoms with Crippen LogP contribution in [0.15, 0.2) is 12.7 Å². The van der Waals surface area contributed by atoms with Gasteiger partial charge in [0.05, 0.1) is 6.04 Å². The van der Waals surface area contributed by atoms with Gasteiger partial charge in [0, 0.05) is 47.3 Å². The topological polar surface area (TPSA) is 175 Å². The molecule has 0 aromatic carbocycles. The molecule has 14 heteroatoms. The quantitative estimate of drug-likeness (QED) is 0.103. The van der Waals surface area contributed by atoms with Gasteiger partial charge in [-0.15, -0.1) is 0 Å². The smallest absolute Gasteiger partial charge is 0.230 e. The summed E-state index contributed by atoms with van der Waals surface area (Å²) in [6.07, 6.45) is 13.7. The molecule has 7 N–H and O–H groups in total. The fraction of sp³-hybridized carbons (Fsp3) is 0.850. The Balaban J connectivity index is 1.53. The molecule has 14 nitrogen and oxygen atoms in total. The molecular weight excluding hydrogens is 677 g/mol. The number of aromatic nitrogens is 6. The van der Waals surface area contributed by atoms with Gasteiger partial charge < -0.3 is 32.3 Å². The number of nitrogens with one attached hydrogen (secondary N) is 3. The van der Waals surface area contributed by atoms with Crippen molar-refractivity contribution >= 4 is 17.8 Å². The third-order valence-electron chi connectivity index (χ3n) is 11.6. The van der Waals surface area contributed by atoms with Crippen molar-refractivity contribution in [3.63, 3.8) is 0 Å². The summed E-state index contributed by atoms with van der Waals surface area (Å²) in [5, 5.41) is 11.1. The van der Waals surface area contributed by atoms with Crippen LogP contribution in [0.1, 0.15) is 145 Å². The average molecular weight is 753 g/mol. The van der Waals surface area contributed by atoms with Gasteiger partial charge in [-0.3, -0.25) is 9.80 Å². The zero-order chi connectivity index (χ0) is 39.6. The molecule has 2 aliphatic heterocycles. The van der Waals surface area contributed by atoms with E-state index in [2.05, 4.69) is 115 Å². The summed E-state index contributed by atoms with van der Waals surface area (Å²) in [5.74, 6) is 2.49. The molecule has 1 atom stereocenters. The minimum absolute atomic E-state index is 0.0522. The normalized spacial score (nSPS) is 20.8. The van der Waals surface area contributed by atoms with Crippen molar-refractivity contribution in [1.29, 1.82) is 0 Å². The molecule has 1 unspecified atom stereocenters. The molecule has 2 aliphatic rings. The van der Waals surface area contributed by atoms with Gasteiger partial charge in [0.1, 0.15) is 12.7 Å². The average Bonchev–Trinajstić information content (AvgIpc) is 3.07. The molecule has 0 spiro atoms. The molecule has 306 valence electrons. The highest BCUT2D eigenvalue weighted by Gasteiger charge is 2.46. The number of hydrogen-bond acceptors (Lipinski definition) is 14. The molecule has 54 heavy (non-hydrogen) atoms. The van der Waals surface area contributed by atoms with Crippen molar-refractivity contribution in [1.82, 2.24) is 45.0 Å². The van der Waals surface area contributed by atoms with Crippen LogP contribution >= 0.6 is 0 Å². The maximum absolute atomic E-state index is 6.05. The lowest BCUT2D eigenvalue weighted by atomic mass is 9.76. The van der Waals surface area contributed by atoms with Gasteiger partial charge in [-0.25, -0.2) is 19.9 Å². The van der Waals surface area contributed by atoms with Gasteiger partial charge in [0.25, 0.3) is 0 Å². The number of piperidine rings is 2. The minimum atomic E-state index is -0.219. The largest absolute Gasteiger partial charge is 0.351 e.